The number of rotatable bonds is 5. The van der Waals surface area contributed by atoms with E-state index in [1.807, 2.05) is 30.3 Å². The fourth-order valence-corrected chi connectivity index (χ4v) is 6.57. The van der Waals surface area contributed by atoms with E-state index in [1.165, 1.54) is 16.4 Å². The van der Waals surface area contributed by atoms with Gasteiger partial charge in [-0.25, -0.2) is 17.8 Å². The Kier molecular flexibility index (Phi) is 6.56. The van der Waals surface area contributed by atoms with E-state index in [9.17, 15) is 12.8 Å². The standard InChI is InChI=1S/C24H22BrClFN5O2S/c1-15-6-7-16(27)12-22(15)35(33,34)31-10-8-17(9-11-31)29-23-13-21(18-4-2-3-5-20(18)26)30-24-19(25)14-28-32(23)24/h2-7,12-14,17,29H,8-11H2,1H3. The number of aromatic nitrogens is 3. The van der Waals surface area contributed by atoms with Crippen molar-refractivity contribution in [2.45, 2.75) is 30.7 Å². The number of benzene rings is 2. The van der Waals surface area contributed by atoms with Crippen LogP contribution in [0.5, 0.6) is 0 Å². The minimum absolute atomic E-state index is 0.0164. The average Bonchev–Trinajstić information content (AvgIpc) is 3.22. The van der Waals surface area contributed by atoms with E-state index in [2.05, 4.69) is 26.3 Å². The highest BCUT2D eigenvalue weighted by atomic mass is 79.9. The lowest BCUT2D eigenvalue weighted by Gasteiger charge is -2.32. The van der Waals surface area contributed by atoms with E-state index in [0.717, 1.165) is 21.9 Å². The van der Waals surface area contributed by atoms with E-state index < -0.39 is 15.8 Å². The molecule has 2 aromatic heterocycles. The van der Waals surface area contributed by atoms with Crippen LogP contribution in [0.2, 0.25) is 5.02 Å². The maximum absolute atomic E-state index is 13.7. The van der Waals surface area contributed by atoms with Crippen LogP contribution in [0.4, 0.5) is 10.2 Å². The molecule has 0 bridgehead atoms. The Bertz CT molecular complexity index is 1520. The summed E-state index contributed by atoms with van der Waals surface area (Å²) >= 11 is 9.93. The fourth-order valence-electron chi connectivity index (χ4n) is 4.29. The van der Waals surface area contributed by atoms with Crippen molar-refractivity contribution >= 4 is 49.0 Å². The van der Waals surface area contributed by atoms with Gasteiger partial charge >= 0.3 is 0 Å². The van der Waals surface area contributed by atoms with Gasteiger partial charge in [0, 0.05) is 35.8 Å². The van der Waals surface area contributed by atoms with Gasteiger partial charge in [0.15, 0.2) is 5.65 Å². The van der Waals surface area contributed by atoms with E-state index >= 15 is 0 Å². The van der Waals surface area contributed by atoms with Gasteiger partial charge in [-0.3, -0.25) is 0 Å². The Balaban J connectivity index is 1.38. The predicted molar refractivity (Wildman–Crippen MR) is 138 cm³/mol. The Hall–Kier alpha value is -2.53. The zero-order chi connectivity index (χ0) is 24.7. The Morgan fingerprint density at radius 1 is 1.14 bits per heavy atom. The van der Waals surface area contributed by atoms with Crippen LogP contribution in [-0.2, 0) is 10.0 Å². The summed E-state index contributed by atoms with van der Waals surface area (Å²) in [5, 5.41) is 8.53. The zero-order valence-corrected chi connectivity index (χ0v) is 21.9. The van der Waals surface area contributed by atoms with E-state index in [0.29, 0.717) is 47.9 Å². The molecular weight excluding hydrogens is 557 g/mol. The molecule has 11 heteroatoms. The highest BCUT2D eigenvalue weighted by Crippen LogP contribution is 2.31. The van der Waals surface area contributed by atoms with Crippen molar-refractivity contribution in [3.8, 4) is 11.3 Å². The summed E-state index contributed by atoms with van der Waals surface area (Å²) in [5.74, 6) is 0.171. The van der Waals surface area contributed by atoms with Crippen molar-refractivity contribution in [2.75, 3.05) is 18.4 Å². The number of hydrogen-bond acceptors (Lipinski definition) is 5. The monoisotopic (exact) mass is 577 g/mol. The quantitative estimate of drug-likeness (QED) is 0.337. The molecule has 182 valence electrons. The van der Waals surface area contributed by atoms with Crippen molar-refractivity contribution in [1.29, 1.82) is 0 Å². The summed E-state index contributed by atoms with van der Waals surface area (Å²) in [6.07, 6.45) is 2.85. The molecule has 1 fully saturated rings. The summed E-state index contributed by atoms with van der Waals surface area (Å²) in [6.45, 7) is 2.32. The summed E-state index contributed by atoms with van der Waals surface area (Å²) in [5.41, 5.74) is 2.68. The molecule has 5 rings (SSSR count). The molecule has 3 heterocycles. The molecule has 1 aliphatic rings. The van der Waals surface area contributed by atoms with Crippen molar-refractivity contribution in [3.63, 3.8) is 0 Å². The maximum atomic E-state index is 13.7. The SMILES string of the molecule is Cc1ccc(F)cc1S(=O)(=O)N1CCC(Nc2cc(-c3ccccc3Cl)nc3c(Br)cnn23)CC1. The van der Waals surface area contributed by atoms with Gasteiger partial charge in [0.2, 0.25) is 10.0 Å². The van der Waals surface area contributed by atoms with Crippen LogP contribution >= 0.6 is 27.5 Å². The first-order valence-corrected chi connectivity index (χ1v) is 13.7. The van der Waals surface area contributed by atoms with Crippen LogP contribution in [0.1, 0.15) is 18.4 Å². The molecule has 0 spiro atoms. The fraction of sp³-hybridized carbons (Fsp3) is 0.250. The molecule has 1 aliphatic heterocycles. The maximum Gasteiger partial charge on any atom is 0.243 e. The van der Waals surface area contributed by atoms with Crippen molar-refractivity contribution < 1.29 is 12.8 Å². The topological polar surface area (TPSA) is 79.6 Å². The molecule has 4 aromatic rings. The lowest BCUT2D eigenvalue weighted by Crippen LogP contribution is -2.42. The predicted octanol–water partition coefficient (Wildman–Crippen LogP) is 5.52. The Labute approximate surface area is 216 Å². The van der Waals surface area contributed by atoms with Crippen LogP contribution in [0.3, 0.4) is 0 Å². The summed E-state index contributed by atoms with van der Waals surface area (Å²) in [6, 6.07) is 13.3. The van der Waals surface area contributed by atoms with Gasteiger partial charge in [0.05, 0.1) is 21.3 Å². The molecule has 0 atom stereocenters. The molecule has 0 unspecified atom stereocenters. The second-order valence-electron chi connectivity index (χ2n) is 8.47. The lowest BCUT2D eigenvalue weighted by molar-refractivity contribution is 0.329. The highest BCUT2D eigenvalue weighted by Gasteiger charge is 2.31. The largest absolute Gasteiger partial charge is 0.367 e. The van der Waals surface area contributed by atoms with Crippen molar-refractivity contribution in [3.05, 3.63) is 75.6 Å². The molecule has 0 saturated carbocycles. The Morgan fingerprint density at radius 3 is 2.63 bits per heavy atom. The van der Waals surface area contributed by atoms with E-state index in [1.54, 1.807) is 17.6 Å². The highest BCUT2D eigenvalue weighted by molar-refractivity contribution is 9.10. The summed E-state index contributed by atoms with van der Waals surface area (Å²) < 4.78 is 43.9. The van der Waals surface area contributed by atoms with Crippen LogP contribution in [0.25, 0.3) is 16.9 Å². The van der Waals surface area contributed by atoms with Gasteiger partial charge in [0.1, 0.15) is 11.6 Å². The number of fused-ring (bicyclic) bond motifs is 1. The van der Waals surface area contributed by atoms with Crippen LogP contribution in [0, 0.1) is 12.7 Å². The normalized spacial score (nSPS) is 15.5. The Morgan fingerprint density at radius 2 is 1.89 bits per heavy atom. The van der Waals surface area contributed by atoms with Gasteiger partial charge in [-0.2, -0.15) is 13.9 Å². The smallest absolute Gasteiger partial charge is 0.243 e. The number of halogens is 3. The molecule has 0 aliphatic carbocycles. The minimum atomic E-state index is -3.77. The molecular formula is C24H22BrClFN5O2S. The van der Waals surface area contributed by atoms with Gasteiger partial charge in [-0.05, 0) is 59.5 Å². The third-order valence-electron chi connectivity index (χ3n) is 6.15. The number of nitrogens with one attached hydrogen (secondary N) is 1. The van der Waals surface area contributed by atoms with Crippen LogP contribution in [0.15, 0.2) is 64.1 Å². The number of hydrogen-bond donors (Lipinski definition) is 1. The third-order valence-corrected chi connectivity index (χ3v) is 9.08. The number of aryl methyl sites for hydroxylation is 1. The number of piperidine rings is 1. The molecule has 35 heavy (non-hydrogen) atoms. The number of sulfonamides is 1. The first-order valence-electron chi connectivity index (χ1n) is 11.1. The first kappa shape index (κ1) is 24.2. The average molecular weight is 579 g/mol. The summed E-state index contributed by atoms with van der Waals surface area (Å²) in [4.78, 5) is 4.74. The first-order chi connectivity index (χ1) is 16.7. The van der Waals surface area contributed by atoms with Crippen molar-refractivity contribution in [2.24, 2.45) is 0 Å². The van der Waals surface area contributed by atoms with E-state index in [4.69, 9.17) is 16.6 Å². The van der Waals surface area contributed by atoms with Gasteiger partial charge in [-0.15, -0.1) is 0 Å². The molecule has 1 saturated heterocycles. The molecule has 7 nitrogen and oxygen atoms in total. The second kappa shape index (κ2) is 9.50. The zero-order valence-electron chi connectivity index (χ0n) is 18.7. The lowest BCUT2D eigenvalue weighted by atomic mass is 10.1. The van der Waals surface area contributed by atoms with Crippen LogP contribution in [-0.4, -0.2) is 46.5 Å². The van der Waals surface area contributed by atoms with Gasteiger partial charge < -0.3 is 5.32 Å². The molecule has 1 N–H and O–H groups in total. The van der Waals surface area contributed by atoms with Crippen LogP contribution < -0.4 is 5.32 Å². The van der Waals surface area contributed by atoms with E-state index in [-0.39, 0.29) is 10.9 Å². The summed E-state index contributed by atoms with van der Waals surface area (Å²) in [7, 11) is -3.77. The third kappa shape index (κ3) is 4.67. The van der Waals surface area contributed by atoms with Gasteiger partial charge in [0.25, 0.3) is 0 Å². The molecule has 0 radical (unpaired) electrons. The number of anilines is 1. The van der Waals surface area contributed by atoms with Crippen molar-refractivity contribution in [1.82, 2.24) is 18.9 Å². The molecule has 0 amide bonds. The van der Waals surface area contributed by atoms with Gasteiger partial charge in [-0.1, -0.05) is 35.9 Å². The number of nitrogens with zero attached hydrogens (tertiary/aromatic N) is 4. The second-order valence-corrected chi connectivity index (χ2v) is 11.6. The minimum Gasteiger partial charge on any atom is -0.367 e. The molecule has 2 aromatic carbocycles.